The van der Waals surface area contributed by atoms with Gasteiger partial charge in [0.15, 0.2) is 0 Å². The lowest BCUT2D eigenvalue weighted by molar-refractivity contribution is -0.150. The molecule has 1 fully saturated rings. The van der Waals surface area contributed by atoms with E-state index in [4.69, 9.17) is 4.74 Å². The van der Waals surface area contributed by atoms with Gasteiger partial charge in [-0.15, -0.1) is 0 Å². The van der Waals surface area contributed by atoms with E-state index < -0.39 is 23.7 Å². The van der Waals surface area contributed by atoms with Crippen LogP contribution in [0.4, 0.5) is 0 Å². The summed E-state index contributed by atoms with van der Waals surface area (Å²) in [5.74, 6) is -0.450. The van der Waals surface area contributed by atoms with Gasteiger partial charge in [-0.05, 0) is 24.6 Å². The summed E-state index contributed by atoms with van der Waals surface area (Å²) in [6.45, 7) is 2.45. The van der Waals surface area contributed by atoms with Crippen LogP contribution < -0.4 is 5.32 Å². The van der Waals surface area contributed by atoms with Crippen LogP contribution in [0, 0.1) is 0 Å². The molecule has 0 radical (unpaired) electrons. The van der Waals surface area contributed by atoms with E-state index >= 15 is 0 Å². The zero-order valence-electron chi connectivity index (χ0n) is 11.9. The highest BCUT2D eigenvalue weighted by Gasteiger charge is 2.38. The molecule has 0 aliphatic carbocycles. The zero-order chi connectivity index (χ0) is 15.5. The molecule has 2 atom stereocenters. The minimum absolute atomic E-state index is 0.278. The Kier molecular flexibility index (Phi) is 5.37. The fourth-order valence-electron chi connectivity index (χ4n) is 2.30. The van der Waals surface area contributed by atoms with Gasteiger partial charge in [-0.2, -0.15) is 0 Å². The van der Waals surface area contributed by atoms with Crippen LogP contribution in [-0.4, -0.2) is 41.0 Å². The molecule has 0 spiro atoms. The number of ether oxygens (including phenoxy) is 1. The first-order valence-electron chi connectivity index (χ1n) is 6.97. The minimum Gasteiger partial charge on any atom is -0.386 e. The molecule has 1 amide bonds. The van der Waals surface area contributed by atoms with Crippen molar-refractivity contribution in [3.63, 3.8) is 0 Å². The number of aliphatic hydroxyl groups is 2. The third-order valence-electron chi connectivity index (χ3n) is 3.79. The third kappa shape index (κ3) is 4.03. The number of benzene rings is 1. The number of nitrogens with one attached hydrogen (secondary N) is 1. The summed E-state index contributed by atoms with van der Waals surface area (Å²) in [6, 6.07) is 6.75. The van der Waals surface area contributed by atoms with Gasteiger partial charge in [-0.25, -0.2) is 0 Å². The van der Waals surface area contributed by atoms with Gasteiger partial charge in [-0.1, -0.05) is 28.1 Å². The number of rotatable bonds is 4. The summed E-state index contributed by atoms with van der Waals surface area (Å²) in [5, 5.41) is 23.3. The summed E-state index contributed by atoms with van der Waals surface area (Å²) in [4.78, 5) is 12.2. The molecule has 6 heteroatoms. The van der Waals surface area contributed by atoms with Gasteiger partial charge in [-0.3, -0.25) is 4.79 Å². The van der Waals surface area contributed by atoms with E-state index in [1.807, 2.05) is 12.1 Å². The highest BCUT2D eigenvalue weighted by molar-refractivity contribution is 9.10. The van der Waals surface area contributed by atoms with E-state index in [-0.39, 0.29) is 12.8 Å². The fourth-order valence-corrected chi connectivity index (χ4v) is 2.57. The maximum Gasteiger partial charge on any atom is 0.252 e. The van der Waals surface area contributed by atoms with Crippen LogP contribution in [0.3, 0.4) is 0 Å². The van der Waals surface area contributed by atoms with Gasteiger partial charge in [0.25, 0.3) is 5.91 Å². The van der Waals surface area contributed by atoms with Crippen molar-refractivity contribution in [2.75, 3.05) is 13.2 Å². The molecule has 2 rings (SSSR count). The lowest BCUT2D eigenvalue weighted by atomic mass is 9.92. The molecule has 21 heavy (non-hydrogen) atoms. The van der Waals surface area contributed by atoms with Crippen LogP contribution in [0.25, 0.3) is 0 Å². The Bertz CT molecular complexity index is 485. The molecule has 1 aromatic carbocycles. The molecule has 0 bridgehead atoms. The molecular weight excluding hydrogens is 338 g/mol. The molecular formula is C15H20BrNO4. The van der Waals surface area contributed by atoms with Crippen LogP contribution in [0.1, 0.15) is 31.4 Å². The van der Waals surface area contributed by atoms with Crippen LogP contribution in [0.5, 0.6) is 0 Å². The molecule has 1 aromatic rings. The van der Waals surface area contributed by atoms with Crippen molar-refractivity contribution in [3.8, 4) is 0 Å². The predicted octanol–water partition coefficient (Wildman–Crippen LogP) is 1.53. The second kappa shape index (κ2) is 6.87. The summed E-state index contributed by atoms with van der Waals surface area (Å²) in [5.41, 5.74) is -0.684. The first-order chi connectivity index (χ1) is 9.92. The van der Waals surface area contributed by atoms with Crippen molar-refractivity contribution < 1.29 is 19.7 Å². The normalized spacial score (nSPS) is 20.6. The molecule has 1 saturated heterocycles. The van der Waals surface area contributed by atoms with Gasteiger partial charge in [0, 0.05) is 30.5 Å². The minimum atomic E-state index is -1.40. The van der Waals surface area contributed by atoms with Crippen LogP contribution in [-0.2, 0) is 9.53 Å². The Labute approximate surface area is 132 Å². The maximum absolute atomic E-state index is 12.2. The molecule has 3 N–H and O–H groups in total. The number of halogens is 1. The highest BCUT2D eigenvalue weighted by Crippen LogP contribution is 2.23. The van der Waals surface area contributed by atoms with Crippen LogP contribution in [0.2, 0.25) is 0 Å². The molecule has 116 valence electrons. The number of hydrogen-bond donors (Lipinski definition) is 3. The van der Waals surface area contributed by atoms with Crippen molar-refractivity contribution in [2.24, 2.45) is 0 Å². The lowest BCUT2D eigenvalue weighted by Gasteiger charge is -2.32. The van der Waals surface area contributed by atoms with Crippen molar-refractivity contribution in [2.45, 2.75) is 37.5 Å². The summed E-state index contributed by atoms with van der Waals surface area (Å²) >= 11 is 3.33. The second-order valence-electron chi connectivity index (χ2n) is 5.40. The van der Waals surface area contributed by atoms with E-state index in [0.29, 0.717) is 18.8 Å². The molecule has 0 aromatic heterocycles. The first kappa shape index (κ1) is 16.4. The molecule has 1 aliphatic heterocycles. The third-order valence-corrected chi connectivity index (χ3v) is 4.32. The molecule has 1 aliphatic rings. The Morgan fingerprint density at radius 2 is 1.90 bits per heavy atom. The van der Waals surface area contributed by atoms with Gasteiger partial charge in [0.2, 0.25) is 0 Å². The smallest absolute Gasteiger partial charge is 0.252 e. The Balaban J connectivity index is 1.98. The maximum atomic E-state index is 12.2. The number of carbonyl (C=O) groups excluding carboxylic acids is 1. The zero-order valence-corrected chi connectivity index (χ0v) is 13.5. The van der Waals surface area contributed by atoms with E-state index in [0.717, 1.165) is 4.47 Å². The average molecular weight is 358 g/mol. The van der Waals surface area contributed by atoms with E-state index in [1.165, 1.54) is 0 Å². The van der Waals surface area contributed by atoms with Gasteiger partial charge >= 0.3 is 0 Å². The van der Waals surface area contributed by atoms with E-state index in [9.17, 15) is 15.0 Å². The standard InChI is InChI=1S/C15H20BrNO4/c1-10(13(18)11-2-4-12(16)5-3-11)17-14(19)15(20)6-8-21-9-7-15/h2-5,10,13,18,20H,6-9H2,1H3,(H,17,19). The SMILES string of the molecule is CC(NC(=O)C1(O)CCOCC1)C(O)c1ccc(Br)cc1. The topological polar surface area (TPSA) is 78.8 Å². The Morgan fingerprint density at radius 3 is 2.48 bits per heavy atom. The van der Waals surface area contributed by atoms with Crippen molar-refractivity contribution in [3.05, 3.63) is 34.3 Å². The van der Waals surface area contributed by atoms with Crippen LogP contribution >= 0.6 is 15.9 Å². The number of amides is 1. The number of hydrogen-bond acceptors (Lipinski definition) is 4. The molecule has 0 saturated carbocycles. The second-order valence-corrected chi connectivity index (χ2v) is 6.32. The summed E-state index contributed by atoms with van der Waals surface area (Å²) in [6.07, 6.45) is -0.273. The van der Waals surface area contributed by atoms with Crippen LogP contribution in [0.15, 0.2) is 28.7 Å². The summed E-state index contributed by atoms with van der Waals surface area (Å²) in [7, 11) is 0. The Hall–Kier alpha value is -0.950. The Morgan fingerprint density at radius 1 is 1.33 bits per heavy atom. The number of carbonyl (C=O) groups is 1. The quantitative estimate of drug-likeness (QED) is 0.763. The monoisotopic (exact) mass is 357 g/mol. The van der Waals surface area contributed by atoms with Crippen molar-refractivity contribution in [1.82, 2.24) is 5.32 Å². The van der Waals surface area contributed by atoms with Crippen molar-refractivity contribution >= 4 is 21.8 Å². The molecule has 2 unspecified atom stereocenters. The van der Waals surface area contributed by atoms with E-state index in [1.54, 1.807) is 19.1 Å². The first-order valence-corrected chi connectivity index (χ1v) is 7.76. The molecule has 1 heterocycles. The van der Waals surface area contributed by atoms with Gasteiger partial charge < -0.3 is 20.3 Å². The summed E-state index contributed by atoms with van der Waals surface area (Å²) < 4.78 is 6.08. The van der Waals surface area contributed by atoms with E-state index in [2.05, 4.69) is 21.2 Å². The largest absolute Gasteiger partial charge is 0.386 e. The van der Waals surface area contributed by atoms with Gasteiger partial charge in [0.05, 0.1) is 12.1 Å². The number of aliphatic hydroxyl groups excluding tert-OH is 1. The molecule has 5 nitrogen and oxygen atoms in total. The van der Waals surface area contributed by atoms with Crippen molar-refractivity contribution in [1.29, 1.82) is 0 Å². The average Bonchev–Trinajstić information content (AvgIpc) is 2.48. The fraction of sp³-hybridized carbons (Fsp3) is 0.533. The van der Waals surface area contributed by atoms with Gasteiger partial charge in [0.1, 0.15) is 5.60 Å². The lowest BCUT2D eigenvalue weighted by Crippen LogP contribution is -2.53. The highest BCUT2D eigenvalue weighted by atomic mass is 79.9. The predicted molar refractivity (Wildman–Crippen MR) is 81.7 cm³/mol.